The van der Waals surface area contributed by atoms with Crippen molar-refractivity contribution in [3.05, 3.63) is 71.5 Å². The lowest BCUT2D eigenvalue weighted by Crippen LogP contribution is -2.46. The Labute approximate surface area is 184 Å². The third-order valence-electron chi connectivity index (χ3n) is 5.07. The smallest absolute Gasteiger partial charge is 0.273 e. The van der Waals surface area contributed by atoms with E-state index in [4.69, 9.17) is 16.3 Å². The standard InChI is InChI=1S/C22H22ClN5O3/c23-18-8-4-5-9-20(18)31-17-10-12-27(13-11-17)21(29)14-24-22(30)19-15-28(26-25-19)16-6-2-1-3-7-16/h1-9,15,17H,10-14H2,(H,24,30). The quantitative estimate of drug-likeness (QED) is 0.637. The number of carbonyl (C=O) groups excluding carboxylic acids is 2. The number of nitrogens with zero attached hydrogens (tertiary/aromatic N) is 4. The van der Waals surface area contributed by atoms with Gasteiger partial charge in [0.05, 0.1) is 23.5 Å². The van der Waals surface area contributed by atoms with Gasteiger partial charge in [0.25, 0.3) is 5.91 Å². The molecule has 0 unspecified atom stereocenters. The van der Waals surface area contributed by atoms with Crippen LogP contribution in [0.3, 0.4) is 0 Å². The molecule has 0 aliphatic carbocycles. The topological polar surface area (TPSA) is 89.4 Å². The molecule has 1 saturated heterocycles. The first-order valence-electron chi connectivity index (χ1n) is 10.0. The van der Waals surface area contributed by atoms with Crippen molar-refractivity contribution in [2.45, 2.75) is 18.9 Å². The summed E-state index contributed by atoms with van der Waals surface area (Å²) in [5.74, 6) is 0.0808. The summed E-state index contributed by atoms with van der Waals surface area (Å²) in [6, 6.07) is 16.7. The third kappa shape index (κ3) is 5.21. The van der Waals surface area contributed by atoms with Crippen LogP contribution in [0.15, 0.2) is 60.8 Å². The second-order valence-electron chi connectivity index (χ2n) is 7.19. The molecule has 8 nitrogen and oxygen atoms in total. The molecule has 1 N–H and O–H groups in total. The molecule has 1 aliphatic rings. The minimum Gasteiger partial charge on any atom is -0.489 e. The van der Waals surface area contributed by atoms with Crippen LogP contribution in [0.1, 0.15) is 23.3 Å². The van der Waals surface area contributed by atoms with E-state index in [2.05, 4.69) is 15.6 Å². The lowest BCUT2D eigenvalue weighted by molar-refractivity contribution is -0.131. The Bertz CT molecular complexity index is 1050. The van der Waals surface area contributed by atoms with Gasteiger partial charge in [-0.25, -0.2) is 4.68 Å². The second kappa shape index (κ2) is 9.61. The number of para-hydroxylation sites is 2. The van der Waals surface area contributed by atoms with E-state index in [1.807, 2.05) is 48.5 Å². The van der Waals surface area contributed by atoms with Gasteiger partial charge in [-0.2, -0.15) is 0 Å². The van der Waals surface area contributed by atoms with Gasteiger partial charge in [0.2, 0.25) is 5.91 Å². The number of carbonyl (C=O) groups is 2. The fourth-order valence-electron chi connectivity index (χ4n) is 3.38. The van der Waals surface area contributed by atoms with Gasteiger partial charge in [0, 0.05) is 25.9 Å². The molecule has 4 rings (SSSR count). The minimum atomic E-state index is -0.438. The predicted octanol–water partition coefficient (Wildman–Crippen LogP) is 2.72. The Morgan fingerprint density at radius 2 is 1.77 bits per heavy atom. The summed E-state index contributed by atoms with van der Waals surface area (Å²) in [7, 11) is 0. The first kappa shape index (κ1) is 20.9. The number of nitrogens with one attached hydrogen (secondary N) is 1. The highest BCUT2D eigenvalue weighted by Crippen LogP contribution is 2.26. The monoisotopic (exact) mass is 439 g/mol. The van der Waals surface area contributed by atoms with Crippen molar-refractivity contribution in [3.8, 4) is 11.4 Å². The summed E-state index contributed by atoms with van der Waals surface area (Å²) in [4.78, 5) is 26.6. The van der Waals surface area contributed by atoms with Crippen LogP contribution >= 0.6 is 11.6 Å². The van der Waals surface area contributed by atoms with Gasteiger partial charge < -0.3 is 15.0 Å². The van der Waals surface area contributed by atoms with Gasteiger partial charge in [-0.1, -0.05) is 47.1 Å². The summed E-state index contributed by atoms with van der Waals surface area (Å²) >= 11 is 6.14. The zero-order valence-electron chi connectivity index (χ0n) is 16.8. The highest BCUT2D eigenvalue weighted by atomic mass is 35.5. The average Bonchev–Trinajstić information content (AvgIpc) is 3.30. The van der Waals surface area contributed by atoms with E-state index in [9.17, 15) is 9.59 Å². The van der Waals surface area contributed by atoms with Crippen LogP contribution < -0.4 is 10.1 Å². The molecule has 1 fully saturated rings. The number of rotatable bonds is 6. The zero-order chi connectivity index (χ0) is 21.6. The maximum Gasteiger partial charge on any atom is 0.273 e. The largest absolute Gasteiger partial charge is 0.489 e. The normalized spacial score (nSPS) is 14.3. The summed E-state index contributed by atoms with van der Waals surface area (Å²) in [6.07, 6.45) is 2.95. The van der Waals surface area contributed by atoms with Gasteiger partial charge in [0.1, 0.15) is 11.9 Å². The third-order valence-corrected chi connectivity index (χ3v) is 5.38. The molecular formula is C22H22ClN5O3. The first-order chi connectivity index (χ1) is 15.1. The van der Waals surface area contributed by atoms with Crippen LogP contribution in [0.2, 0.25) is 5.02 Å². The molecular weight excluding hydrogens is 418 g/mol. The van der Waals surface area contributed by atoms with Gasteiger partial charge >= 0.3 is 0 Å². The van der Waals surface area contributed by atoms with E-state index in [-0.39, 0.29) is 24.2 Å². The van der Waals surface area contributed by atoms with Gasteiger partial charge in [-0.05, 0) is 24.3 Å². The maximum absolute atomic E-state index is 12.5. The number of piperidine rings is 1. The lowest BCUT2D eigenvalue weighted by Gasteiger charge is -2.32. The Morgan fingerprint density at radius 3 is 2.52 bits per heavy atom. The molecule has 2 heterocycles. The fraction of sp³-hybridized carbons (Fsp3) is 0.273. The molecule has 31 heavy (non-hydrogen) atoms. The highest BCUT2D eigenvalue weighted by Gasteiger charge is 2.25. The Balaban J connectivity index is 1.24. The van der Waals surface area contributed by atoms with Crippen molar-refractivity contribution in [1.29, 1.82) is 0 Å². The minimum absolute atomic E-state index is 0.00608. The SMILES string of the molecule is O=C(NCC(=O)N1CCC(Oc2ccccc2Cl)CC1)c1cn(-c2ccccc2)nn1. The van der Waals surface area contributed by atoms with E-state index < -0.39 is 5.91 Å². The molecule has 3 aromatic rings. The summed E-state index contributed by atoms with van der Waals surface area (Å²) < 4.78 is 7.47. The van der Waals surface area contributed by atoms with Crippen molar-refractivity contribution < 1.29 is 14.3 Å². The molecule has 2 aromatic carbocycles. The molecule has 0 atom stereocenters. The van der Waals surface area contributed by atoms with Crippen molar-refractivity contribution in [1.82, 2.24) is 25.2 Å². The van der Waals surface area contributed by atoms with Crippen LogP contribution in [0.5, 0.6) is 5.75 Å². The molecule has 1 aromatic heterocycles. The van der Waals surface area contributed by atoms with Gasteiger partial charge in [-0.3, -0.25) is 9.59 Å². The molecule has 0 radical (unpaired) electrons. The maximum atomic E-state index is 12.5. The number of hydrogen-bond donors (Lipinski definition) is 1. The highest BCUT2D eigenvalue weighted by molar-refractivity contribution is 6.32. The fourth-order valence-corrected chi connectivity index (χ4v) is 3.56. The number of likely N-dealkylation sites (tertiary alicyclic amines) is 1. The van der Waals surface area contributed by atoms with E-state index in [0.717, 1.165) is 5.69 Å². The molecule has 0 spiro atoms. The van der Waals surface area contributed by atoms with E-state index in [1.54, 1.807) is 11.0 Å². The summed E-state index contributed by atoms with van der Waals surface area (Å²) in [5.41, 5.74) is 0.954. The van der Waals surface area contributed by atoms with Crippen molar-refractivity contribution in [3.63, 3.8) is 0 Å². The lowest BCUT2D eigenvalue weighted by atomic mass is 10.1. The van der Waals surface area contributed by atoms with Crippen LogP contribution in [0.25, 0.3) is 5.69 Å². The van der Waals surface area contributed by atoms with Crippen LogP contribution in [0.4, 0.5) is 0 Å². The van der Waals surface area contributed by atoms with E-state index in [1.165, 1.54) is 10.9 Å². The first-order valence-corrected chi connectivity index (χ1v) is 10.4. The molecule has 0 saturated carbocycles. The Hall–Kier alpha value is -3.39. The van der Waals surface area contributed by atoms with Crippen molar-refractivity contribution >= 4 is 23.4 Å². The molecule has 2 amide bonds. The number of benzene rings is 2. The second-order valence-corrected chi connectivity index (χ2v) is 7.60. The molecule has 1 aliphatic heterocycles. The number of hydrogen-bond acceptors (Lipinski definition) is 5. The average molecular weight is 440 g/mol. The van der Waals surface area contributed by atoms with Gasteiger partial charge in [-0.15, -0.1) is 5.10 Å². The number of aromatic nitrogens is 3. The van der Waals surface area contributed by atoms with E-state index >= 15 is 0 Å². The van der Waals surface area contributed by atoms with Gasteiger partial charge in [0.15, 0.2) is 5.69 Å². The summed E-state index contributed by atoms with van der Waals surface area (Å²) in [5, 5.41) is 11.1. The Kier molecular flexibility index (Phi) is 6.47. The molecule has 0 bridgehead atoms. The Morgan fingerprint density at radius 1 is 1.06 bits per heavy atom. The van der Waals surface area contributed by atoms with Crippen LogP contribution in [-0.4, -0.2) is 57.4 Å². The van der Waals surface area contributed by atoms with Crippen molar-refractivity contribution in [2.75, 3.05) is 19.6 Å². The predicted molar refractivity (Wildman–Crippen MR) is 115 cm³/mol. The van der Waals surface area contributed by atoms with Crippen LogP contribution in [-0.2, 0) is 4.79 Å². The number of halogens is 1. The van der Waals surface area contributed by atoms with Crippen LogP contribution in [0, 0.1) is 0 Å². The molecule has 9 heteroatoms. The van der Waals surface area contributed by atoms with E-state index in [0.29, 0.717) is 36.7 Å². The number of ether oxygens (including phenoxy) is 1. The number of amides is 2. The zero-order valence-corrected chi connectivity index (χ0v) is 17.5. The van der Waals surface area contributed by atoms with Crippen molar-refractivity contribution in [2.24, 2.45) is 0 Å². The molecule has 160 valence electrons. The summed E-state index contributed by atoms with van der Waals surface area (Å²) in [6.45, 7) is 1.04.